The lowest BCUT2D eigenvalue weighted by atomic mass is 10.0. The predicted molar refractivity (Wildman–Crippen MR) is 132 cm³/mol. The van der Waals surface area contributed by atoms with Crippen molar-refractivity contribution in [3.8, 4) is 0 Å². The molecular weight excluding hydrogens is 475 g/mol. The van der Waals surface area contributed by atoms with E-state index in [2.05, 4.69) is 20.6 Å². The van der Waals surface area contributed by atoms with E-state index in [4.69, 9.17) is 5.73 Å². The van der Waals surface area contributed by atoms with E-state index >= 15 is 0 Å². The second-order valence-corrected chi connectivity index (χ2v) is 9.13. The molecule has 1 amide bonds. The predicted octanol–water partition coefficient (Wildman–Crippen LogP) is 3.13. The molecule has 9 nitrogen and oxygen atoms in total. The van der Waals surface area contributed by atoms with Crippen molar-refractivity contribution in [3.05, 3.63) is 51.6 Å². The SMILES string of the molecule is CC(=O)NC1CCN(c2cc3c(N[C@H](C)c4cc(N)cc(C(F)(F)F)c4)nc(C)nc3n(C)c2=O)C1. The number of halogens is 3. The molecule has 0 radical (unpaired) electrons. The Morgan fingerprint density at radius 3 is 2.61 bits per heavy atom. The second kappa shape index (κ2) is 9.32. The third-order valence-electron chi connectivity index (χ3n) is 6.25. The number of nitrogens with one attached hydrogen (secondary N) is 2. The van der Waals surface area contributed by atoms with E-state index in [1.54, 1.807) is 27.0 Å². The molecule has 2 atom stereocenters. The van der Waals surface area contributed by atoms with E-state index in [0.29, 0.717) is 53.4 Å². The van der Waals surface area contributed by atoms with Gasteiger partial charge >= 0.3 is 6.18 Å². The number of amides is 1. The Bertz CT molecular complexity index is 1390. The first-order valence-corrected chi connectivity index (χ1v) is 11.5. The zero-order valence-corrected chi connectivity index (χ0v) is 20.4. The Kier molecular flexibility index (Phi) is 6.54. The zero-order valence-electron chi connectivity index (χ0n) is 20.4. The van der Waals surface area contributed by atoms with Crippen LogP contribution in [0.25, 0.3) is 11.0 Å². The molecule has 0 bridgehead atoms. The third-order valence-corrected chi connectivity index (χ3v) is 6.25. The van der Waals surface area contributed by atoms with Gasteiger partial charge in [0, 0.05) is 38.8 Å². The first-order valence-electron chi connectivity index (χ1n) is 11.5. The second-order valence-electron chi connectivity index (χ2n) is 9.13. The summed E-state index contributed by atoms with van der Waals surface area (Å²) in [4.78, 5) is 35.4. The standard InChI is InChI=1S/C24H28F3N7O2/c1-12(15-7-16(24(25,26)27)9-17(28)8-15)29-21-19-10-20(34-6-5-18(11-34)32-14(3)35)23(36)33(4)22(19)31-13(2)30-21/h7-10,12,18H,5-6,11,28H2,1-4H3,(H,32,35)(H,29,30,31)/t12-,18?/m1/s1. The van der Waals surface area contributed by atoms with Crippen molar-refractivity contribution < 1.29 is 18.0 Å². The van der Waals surface area contributed by atoms with Crippen LogP contribution in [0.15, 0.2) is 29.1 Å². The van der Waals surface area contributed by atoms with Crippen molar-refractivity contribution in [2.75, 3.05) is 29.0 Å². The number of aromatic nitrogens is 3. The number of alkyl halides is 3. The summed E-state index contributed by atoms with van der Waals surface area (Å²) in [6.45, 7) is 5.90. The van der Waals surface area contributed by atoms with Crippen molar-refractivity contribution in [1.29, 1.82) is 0 Å². The molecule has 1 fully saturated rings. The van der Waals surface area contributed by atoms with Gasteiger partial charge in [-0.15, -0.1) is 0 Å². The highest BCUT2D eigenvalue weighted by Crippen LogP contribution is 2.34. The lowest BCUT2D eigenvalue weighted by Crippen LogP contribution is -2.37. The molecule has 1 aromatic carbocycles. The maximum absolute atomic E-state index is 13.3. The van der Waals surface area contributed by atoms with Gasteiger partial charge in [0.2, 0.25) is 5.91 Å². The smallest absolute Gasteiger partial charge is 0.399 e. The fourth-order valence-electron chi connectivity index (χ4n) is 4.52. The molecule has 2 aromatic heterocycles. The number of benzene rings is 1. The van der Waals surface area contributed by atoms with Crippen LogP contribution >= 0.6 is 0 Å². The molecule has 36 heavy (non-hydrogen) atoms. The minimum atomic E-state index is -4.53. The average Bonchev–Trinajstić information content (AvgIpc) is 3.23. The number of aryl methyl sites for hydroxylation is 2. The maximum Gasteiger partial charge on any atom is 0.416 e. The van der Waals surface area contributed by atoms with Crippen molar-refractivity contribution in [1.82, 2.24) is 19.9 Å². The molecule has 0 aliphatic carbocycles. The number of carbonyl (C=O) groups is 1. The molecule has 4 rings (SSSR count). The zero-order chi connectivity index (χ0) is 26.4. The lowest BCUT2D eigenvalue weighted by Gasteiger charge is -2.22. The number of pyridine rings is 1. The summed E-state index contributed by atoms with van der Waals surface area (Å²) in [7, 11) is 1.61. The molecule has 4 N–H and O–H groups in total. The Morgan fingerprint density at radius 1 is 1.22 bits per heavy atom. The fourth-order valence-corrected chi connectivity index (χ4v) is 4.52. The molecular formula is C24H28F3N7O2. The normalized spacial score (nSPS) is 16.9. The van der Waals surface area contributed by atoms with Crippen LogP contribution in [0.5, 0.6) is 0 Å². The van der Waals surface area contributed by atoms with Gasteiger partial charge in [-0.2, -0.15) is 13.2 Å². The molecule has 1 unspecified atom stereocenters. The van der Waals surface area contributed by atoms with Crippen LogP contribution in [0.2, 0.25) is 0 Å². The molecule has 1 aliphatic heterocycles. The van der Waals surface area contributed by atoms with Crippen LogP contribution in [0, 0.1) is 6.92 Å². The fraction of sp³-hybridized carbons (Fsp3) is 0.417. The monoisotopic (exact) mass is 503 g/mol. The molecule has 12 heteroatoms. The van der Waals surface area contributed by atoms with E-state index in [9.17, 15) is 22.8 Å². The van der Waals surface area contributed by atoms with Crippen LogP contribution in [0.3, 0.4) is 0 Å². The van der Waals surface area contributed by atoms with Crippen LogP contribution in [0.1, 0.15) is 43.3 Å². The topological polar surface area (TPSA) is 118 Å². The molecule has 3 heterocycles. The van der Waals surface area contributed by atoms with Gasteiger partial charge in [0.15, 0.2) is 0 Å². The minimum Gasteiger partial charge on any atom is -0.399 e. The quantitative estimate of drug-likeness (QED) is 0.458. The number of nitrogens with two attached hydrogens (primary N) is 1. The van der Waals surface area contributed by atoms with Crippen molar-refractivity contribution in [3.63, 3.8) is 0 Å². The van der Waals surface area contributed by atoms with E-state index < -0.39 is 17.8 Å². The highest BCUT2D eigenvalue weighted by atomic mass is 19.4. The van der Waals surface area contributed by atoms with E-state index in [1.165, 1.54) is 17.6 Å². The van der Waals surface area contributed by atoms with Gasteiger partial charge in [0.05, 0.1) is 17.0 Å². The number of hydrogen-bond donors (Lipinski definition) is 3. The Labute approximate surface area is 205 Å². The number of anilines is 3. The number of carbonyl (C=O) groups excluding carboxylic acids is 1. The summed E-state index contributed by atoms with van der Waals surface area (Å²) in [5.41, 5.74) is 5.85. The van der Waals surface area contributed by atoms with Crippen LogP contribution < -0.4 is 26.8 Å². The van der Waals surface area contributed by atoms with Gasteiger partial charge in [0.25, 0.3) is 5.56 Å². The summed E-state index contributed by atoms with van der Waals surface area (Å²) < 4.78 is 41.4. The highest BCUT2D eigenvalue weighted by molar-refractivity contribution is 5.89. The highest BCUT2D eigenvalue weighted by Gasteiger charge is 2.32. The van der Waals surface area contributed by atoms with Crippen LogP contribution in [0.4, 0.5) is 30.4 Å². The van der Waals surface area contributed by atoms with E-state index in [-0.39, 0.29) is 23.2 Å². The lowest BCUT2D eigenvalue weighted by molar-refractivity contribution is -0.137. The van der Waals surface area contributed by atoms with Crippen molar-refractivity contribution >= 4 is 34.1 Å². The Balaban J connectivity index is 1.74. The van der Waals surface area contributed by atoms with Crippen molar-refractivity contribution in [2.24, 2.45) is 7.05 Å². The molecule has 1 saturated heterocycles. The van der Waals surface area contributed by atoms with Gasteiger partial charge < -0.3 is 21.3 Å². The van der Waals surface area contributed by atoms with Crippen LogP contribution in [-0.2, 0) is 18.0 Å². The van der Waals surface area contributed by atoms with Gasteiger partial charge in [0.1, 0.15) is 23.0 Å². The van der Waals surface area contributed by atoms with E-state index in [0.717, 1.165) is 12.1 Å². The van der Waals surface area contributed by atoms with Gasteiger partial charge in [-0.25, -0.2) is 9.97 Å². The van der Waals surface area contributed by atoms with E-state index in [1.807, 2.05) is 4.90 Å². The van der Waals surface area contributed by atoms with Gasteiger partial charge in [-0.3, -0.25) is 14.2 Å². The summed E-state index contributed by atoms with van der Waals surface area (Å²) in [6.07, 6.45) is -3.83. The molecule has 1 aliphatic rings. The number of rotatable bonds is 5. The Hall–Kier alpha value is -3.83. The number of hydrogen-bond acceptors (Lipinski definition) is 7. The van der Waals surface area contributed by atoms with Crippen molar-refractivity contribution in [2.45, 2.75) is 45.5 Å². The first-order chi connectivity index (χ1) is 16.8. The number of nitrogen functional groups attached to an aromatic ring is 1. The number of fused-ring (bicyclic) bond motifs is 1. The minimum absolute atomic E-state index is 0.00430. The molecule has 0 saturated carbocycles. The first kappa shape index (κ1) is 25.3. The summed E-state index contributed by atoms with van der Waals surface area (Å²) in [5.74, 6) is 0.652. The maximum atomic E-state index is 13.3. The average molecular weight is 504 g/mol. The molecule has 0 spiro atoms. The van der Waals surface area contributed by atoms with Crippen LogP contribution in [-0.4, -0.2) is 39.6 Å². The summed E-state index contributed by atoms with van der Waals surface area (Å²) in [6, 6.07) is 4.48. The third kappa shape index (κ3) is 5.07. The largest absolute Gasteiger partial charge is 0.416 e. The molecule has 3 aromatic rings. The van der Waals surface area contributed by atoms with Gasteiger partial charge in [-0.05, 0) is 50.1 Å². The summed E-state index contributed by atoms with van der Waals surface area (Å²) >= 11 is 0. The summed E-state index contributed by atoms with van der Waals surface area (Å²) in [5, 5.41) is 6.61. The van der Waals surface area contributed by atoms with Gasteiger partial charge in [-0.1, -0.05) is 0 Å². The number of nitrogens with zero attached hydrogens (tertiary/aromatic N) is 4. The molecule has 192 valence electrons. The Morgan fingerprint density at radius 2 is 1.94 bits per heavy atom.